The number of nitrogens with one attached hydrogen (secondary N) is 1. The molecule has 1 saturated heterocycles. The van der Waals surface area contributed by atoms with Gasteiger partial charge in [0.2, 0.25) is 0 Å². The number of hydrogen-bond acceptors (Lipinski definition) is 6. The van der Waals surface area contributed by atoms with Gasteiger partial charge in [0.05, 0.1) is 18.5 Å². The van der Waals surface area contributed by atoms with Gasteiger partial charge in [-0.25, -0.2) is 9.99 Å². The predicted octanol–water partition coefficient (Wildman–Crippen LogP) is 5.57. The second-order valence-corrected chi connectivity index (χ2v) is 9.31. The second kappa shape index (κ2) is 10.3. The highest BCUT2D eigenvalue weighted by Crippen LogP contribution is 2.41. The van der Waals surface area contributed by atoms with Gasteiger partial charge >= 0.3 is 0 Å². The lowest BCUT2D eigenvalue weighted by Gasteiger charge is -2.28. The standard InChI is InChI=1S/C27H28N4O2S/c1-33-23-16-15-22(20-11-5-2-6-12-20)25-24(23)29-27(34-25)31(19-30-18-10-4-9-17-28-30)26(32)21-13-7-3-8-14-21/h2-3,5-8,11-16,28H,4,9-10,17-19H2,1H3. The number of carbonyl (C=O) groups excluding carboxylic acids is 1. The van der Waals surface area contributed by atoms with Gasteiger partial charge in [0.15, 0.2) is 5.13 Å². The van der Waals surface area contributed by atoms with E-state index < -0.39 is 0 Å². The summed E-state index contributed by atoms with van der Waals surface area (Å²) in [6, 6.07) is 23.7. The predicted molar refractivity (Wildman–Crippen MR) is 138 cm³/mol. The molecule has 1 fully saturated rings. The van der Waals surface area contributed by atoms with Crippen LogP contribution in [-0.2, 0) is 0 Å². The number of anilines is 1. The van der Waals surface area contributed by atoms with Gasteiger partial charge in [0.25, 0.3) is 5.91 Å². The number of hydrazine groups is 1. The van der Waals surface area contributed by atoms with Crippen LogP contribution in [0.5, 0.6) is 5.75 Å². The molecule has 0 bridgehead atoms. The minimum atomic E-state index is -0.0640. The molecule has 1 N–H and O–H groups in total. The summed E-state index contributed by atoms with van der Waals surface area (Å²) in [5.41, 5.74) is 7.09. The number of benzene rings is 3. The van der Waals surface area contributed by atoms with Gasteiger partial charge in [-0.1, -0.05) is 66.3 Å². The summed E-state index contributed by atoms with van der Waals surface area (Å²) in [7, 11) is 1.66. The van der Waals surface area contributed by atoms with Gasteiger partial charge in [-0.15, -0.1) is 0 Å². The summed E-state index contributed by atoms with van der Waals surface area (Å²) < 4.78 is 6.65. The van der Waals surface area contributed by atoms with Gasteiger partial charge in [-0.05, 0) is 42.7 Å². The largest absolute Gasteiger partial charge is 0.494 e. The zero-order valence-corrected chi connectivity index (χ0v) is 20.1. The number of nitrogens with zero attached hydrogens (tertiary/aromatic N) is 3. The van der Waals surface area contributed by atoms with E-state index in [0.717, 1.165) is 47.3 Å². The van der Waals surface area contributed by atoms with Crippen molar-refractivity contribution < 1.29 is 9.53 Å². The molecule has 34 heavy (non-hydrogen) atoms. The number of thiazole rings is 1. The van der Waals surface area contributed by atoms with Crippen LogP contribution in [0.3, 0.4) is 0 Å². The maximum Gasteiger partial charge on any atom is 0.261 e. The third-order valence-electron chi connectivity index (χ3n) is 6.05. The number of rotatable bonds is 6. The van der Waals surface area contributed by atoms with Crippen molar-refractivity contribution in [2.45, 2.75) is 19.3 Å². The molecule has 6 nitrogen and oxygen atoms in total. The Labute approximate surface area is 203 Å². The fraction of sp³-hybridized carbons (Fsp3) is 0.259. The number of hydrogen-bond donors (Lipinski definition) is 1. The lowest BCUT2D eigenvalue weighted by molar-refractivity contribution is 0.0952. The number of methoxy groups -OCH3 is 1. The molecule has 0 radical (unpaired) electrons. The number of fused-ring (bicyclic) bond motifs is 1. The molecule has 0 unspecified atom stereocenters. The van der Waals surface area contributed by atoms with E-state index in [1.807, 2.05) is 54.6 Å². The maximum absolute atomic E-state index is 13.7. The van der Waals surface area contributed by atoms with Crippen LogP contribution in [0.2, 0.25) is 0 Å². The molecule has 0 spiro atoms. The van der Waals surface area contributed by atoms with E-state index in [1.54, 1.807) is 12.0 Å². The van der Waals surface area contributed by atoms with E-state index in [4.69, 9.17) is 9.72 Å². The minimum absolute atomic E-state index is 0.0640. The molecular formula is C27H28N4O2S. The average molecular weight is 473 g/mol. The van der Waals surface area contributed by atoms with Crippen LogP contribution in [0.15, 0.2) is 72.8 Å². The Balaban J connectivity index is 1.60. The molecule has 0 aliphatic carbocycles. The second-order valence-electron chi connectivity index (χ2n) is 8.33. The molecule has 174 valence electrons. The van der Waals surface area contributed by atoms with Crippen LogP contribution in [0, 0.1) is 0 Å². The first-order valence-electron chi connectivity index (χ1n) is 11.6. The quantitative estimate of drug-likeness (QED) is 0.398. The smallest absolute Gasteiger partial charge is 0.261 e. The Morgan fingerprint density at radius 2 is 1.79 bits per heavy atom. The van der Waals surface area contributed by atoms with Crippen LogP contribution in [0.4, 0.5) is 5.13 Å². The Hall–Kier alpha value is -3.26. The van der Waals surface area contributed by atoms with Crippen LogP contribution in [0.25, 0.3) is 21.3 Å². The lowest BCUT2D eigenvalue weighted by atomic mass is 10.1. The molecule has 1 amide bonds. The van der Waals surface area contributed by atoms with Gasteiger partial charge in [-0.2, -0.15) is 0 Å². The van der Waals surface area contributed by atoms with Crippen molar-refractivity contribution in [1.29, 1.82) is 0 Å². The Bertz CT molecular complexity index is 1250. The van der Waals surface area contributed by atoms with Crippen molar-refractivity contribution in [1.82, 2.24) is 15.4 Å². The molecule has 5 rings (SSSR count). The summed E-state index contributed by atoms with van der Waals surface area (Å²) in [5.74, 6) is 0.642. The first kappa shape index (κ1) is 22.5. The summed E-state index contributed by atoms with van der Waals surface area (Å²) in [6.07, 6.45) is 3.43. The summed E-state index contributed by atoms with van der Waals surface area (Å²) in [6.45, 7) is 2.23. The summed E-state index contributed by atoms with van der Waals surface area (Å²) in [5, 5.41) is 2.80. The van der Waals surface area contributed by atoms with Crippen molar-refractivity contribution in [2.24, 2.45) is 0 Å². The normalized spacial score (nSPS) is 14.6. The molecule has 0 atom stereocenters. The summed E-state index contributed by atoms with van der Waals surface area (Å²) >= 11 is 1.53. The van der Waals surface area contributed by atoms with Crippen molar-refractivity contribution in [3.63, 3.8) is 0 Å². The number of aromatic nitrogens is 1. The van der Waals surface area contributed by atoms with Crippen LogP contribution >= 0.6 is 11.3 Å². The van der Waals surface area contributed by atoms with E-state index in [9.17, 15) is 4.79 Å². The van der Waals surface area contributed by atoms with Crippen molar-refractivity contribution in [3.8, 4) is 16.9 Å². The topological polar surface area (TPSA) is 57.7 Å². The van der Waals surface area contributed by atoms with Crippen molar-refractivity contribution in [3.05, 3.63) is 78.4 Å². The van der Waals surface area contributed by atoms with E-state index in [1.165, 1.54) is 17.8 Å². The van der Waals surface area contributed by atoms with Gasteiger partial charge in [0, 0.05) is 24.2 Å². The highest BCUT2D eigenvalue weighted by atomic mass is 32.1. The summed E-state index contributed by atoms with van der Waals surface area (Å²) in [4.78, 5) is 20.4. The zero-order valence-electron chi connectivity index (χ0n) is 19.2. The van der Waals surface area contributed by atoms with Gasteiger partial charge in [0.1, 0.15) is 11.3 Å². The molecule has 1 aliphatic heterocycles. The molecule has 7 heteroatoms. The lowest BCUT2D eigenvalue weighted by Crippen LogP contribution is -2.48. The van der Waals surface area contributed by atoms with E-state index in [0.29, 0.717) is 23.1 Å². The average Bonchev–Trinajstić information content (AvgIpc) is 3.17. The zero-order chi connectivity index (χ0) is 23.3. The molecule has 2 heterocycles. The van der Waals surface area contributed by atoms with E-state index in [2.05, 4.69) is 28.6 Å². The Morgan fingerprint density at radius 3 is 2.56 bits per heavy atom. The minimum Gasteiger partial charge on any atom is -0.494 e. The molecule has 3 aromatic carbocycles. The van der Waals surface area contributed by atoms with Crippen LogP contribution in [-0.4, -0.2) is 42.8 Å². The molecule has 0 saturated carbocycles. The van der Waals surface area contributed by atoms with Gasteiger partial charge in [-0.3, -0.25) is 15.1 Å². The number of ether oxygens (including phenoxy) is 1. The third-order valence-corrected chi connectivity index (χ3v) is 7.16. The van der Waals surface area contributed by atoms with E-state index >= 15 is 0 Å². The highest BCUT2D eigenvalue weighted by Gasteiger charge is 2.26. The monoisotopic (exact) mass is 472 g/mol. The van der Waals surface area contributed by atoms with Crippen LogP contribution in [0.1, 0.15) is 29.6 Å². The van der Waals surface area contributed by atoms with Gasteiger partial charge < -0.3 is 4.74 Å². The Kier molecular flexibility index (Phi) is 6.85. The van der Waals surface area contributed by atoms with Crippen LogP contribution < -0.4 is 15.1 Å². The molecular weight excluding hydrogens is 444 g/mol. The maximum atomic E-state index is 13.7. The number of carbonyl (C=O) groups is 1. The SMILES string of the molecule is COc1ccc(-c2ccccc2)c2sc(N(CN3CCCCCN3)C(=O)c3ccccc3)nc12. The highest BCUT2D eigenvalue weighted by molar-refractivity contribution is 7.23. The molecule has 1 aromatic heterocycles. The Morgan fingerprint density at radius 1 is 1.03 bits per heavy atom. The first-order valence-corrected chi connectivity index (χ1v) is 12.4. The molecule has 1 aliphatic rings. The fourth-order valence-electron chi connectivity index (χ4n) is 4.26. The first-order chi connectivity index (χ1) is 16.7. The third kappa shape index (κ3) is 4.68. The number of amides is 1. The van der Waals surface area contributed by atoms with Crippen molar-refractivity contribution >= 4 is 32.6 Å². The van der Waals surface area contributed by atoms with E-state index in [-0.39, 0.29) is 5.91 Å². The molecule has 4 aromatic rings. The fourth-order valence-corrected chi connectivity index (χ4v) is 5.37. The van der Waals surface area contributed by atoms with Crippen molar-refractivity contribution in [2.75, 3.05) is 31.8 Å².